The van der Waals surface area contributed by atoms with Crippen LogP contribution in [0.5, 0.6) is 5.75 Å². The molecular formula is C27H29KO4. The van der Waals surface area contributed by atoms with Crippen LogP contribution >= 0.6 is 0 Å². The Kier molecular flexibility index (Phi) is 8.51. The van der Waals surface area contributed by atoms with E-state index in [1.807, 2.05) is 63.2 Å². The summed E-state index contributed by atoms with van der Waals surface area (Å²) in [4.78, 5) is 25.5. The fourth-order valence-electron chi connectivity index (χ4n) is 3.96. The molecule has 0 aromatic heterocycles. The zero-order valence-electron chi connectivity index (χ0n) is 20.0. The van der Waals surface area contributed by atoms with Crippen LogP contribution in [0.25, 0.3) is 21.9 Å². The monoisotopic (exact) mass is 456 g/mol. The van der Waals surface area contributed by atoms with Gasteiger partial charge in [0.25, 0.3) is 0 Å². The number of benzene rings is 3. The second-order valence-corrected chi connectivity index (χ2v) is 9.71. The van der Waals surface area contributed by atoms with Crippen LogP contribution in [0.15, 0.2) is 54.6 Å². The Morgan fingerprint density at radius 3 is 2.19 bits per heavy atom. The molecule has 5 heteroatoms. The molecule has 0 unspecified atom stereocenters. The number of hydrogen-bond donors (Lipinski definition) is 0. The van der Waals surface area contributed by atoms with E-state index in [4.69, 9.17) is 4.74 Å². The molecule has 0 heterocycles. The van der Waals surface area contributed by atoms with E-state index >= 15 is 0 Å². The first kappa shape index (κ1) is 26.7. The van der Waals surface area contributed by atoms with Crippen LogP contribution in [0, 0.1) is 17.8 Å². The summed E-state index contributed by atoms with van der Waals surface area (Å²) in [7, 11) is 0. The van der Waals surface area contributed by atoms with Gasteiger partial charge < -0.3 is 9.84 Å². The first-order valence-electron chi connectivity index (χ1n) is 10.4. The minimum atomic E-state index is -0.822. The molecule has 32 heavy (non-hydrogen) atoms. The van der Waals surface area contributed by atoms with E-state index in [1.54, 1.807) is 26.8 Å². The van der Waals surface area contributed by atoms with Crippen LogP contribution in [-0.4, -0.2) is 18.4 Å². The molecule has 0 N–H and O–H groups in total. The maximum atomic E-state index is 12.8. The van der Waals surface area contributed by atoms with Crippen LogP contribution in [0.2, 0.25) is 0 Å². The fourth-order valence-corrected chi connectivity index (χ4v) is 3.96. The van der Waals surface area contributed by atoms with Gasteiger partial charge in [-0.1, -0.05) is 74.9 Å². The van der Waals surface area contributed by atoms with Crippen LogP contribution in [0.3, 0.4) is 0 Å². The molecule has 0 saturated carbocycles. The number of Topliss-reactive ketones (excluding diaryl/α,β-unsaturated/α-hetero) is 1. The molecule has 3 aromatic carbocycles. The summed E-state index contributed by atoms with van der Waals surface area (Å²) in [6.45, 7) is 10.8. The van der Waals surface area contributed by atoms with Crippen molar-refractivity contribution in [2.24, 2.45) is 10.8 Å². The van der Waals surface area contributed by atoms with Gasteiger partial charge >= 0.3 is 57.4 Å². The third-order valence-electron chi connectivity index (χ3n) is 5.54. The molecule has 0 saturated heterocycles. The quantitative estimate of drug-likeness (QED) is 0.437. The molecular weight excluding hydrogens is 427 g/mol. The summed E-state index contributed by atoms with van der Waals surface area (Å²) in [5.41, 5.74) is 1.02. The SMILES string of the molecule is Cc1c([O-])cc(C(=O)OCC(C)(C)C(=O)C(C)(C)C)cc1-c1cccc2ccccc12.[K+]. The van der Waals surface area contributed by atoms with Gasteiger partial charge in [0.2, 0.25) is 0 Å². The van der Waals surface area contributed by atoms with Crippen LogP contribution in [0.4, 0.5) is 0 Å². The number of ether oxygens (including phenoxy) is 1. The third kappa shape index (κ3) is 5.70. The second kappa shape index (κ2) is 10.2. The Bertz CT molecular complexity index is 1150. The summed E-state index contributed by atoms with van der Waals surface area (Å²) in [6, 6.07) is 16.8. The molecule has 0 amide bonds. The van der Waals surface area contributed by atoms with Crippen molar-refractivity contribution < 1.29 is 70.8 Å². The Morgan fingerprint density at radius 2 is 1.53 bits per heavy atom. The Morgan fingerprint density at radius 1 is 0.906 bits per heavy atom. The van der Waals surface area contributed by atoms with Gasteiger partial charge in [0.05, 0.1) is 11.0 Å². The largest absolute Gasteiger partial charge is 1.00 e. The van der Waals surface area contributed by atoms with Gasteiger partial charge in [-0.25, -0.2) is 4.79 Å². The van der Waals surface area contributed by atoms with E-state index < -0.39 is 16.8 Å². The topological polar surface area (TPSA) is 66.4 Å². The van der Waals surface area contributed by atoms with Crippen LogP contribution in [-0.2, 0) is 9.53 Å². The van der Waals surface area contributed by atoms with Crippen molar-refractivity contribution in [3.8, 4) is 16.9 Å². The Balaban J connectivity index is 0.00000363. The van der Waals surface area contributed by atoms with Crippen molar-refractivity contribution in [1.82, 2.24) is 0 Å². The minimum Gasteiger partial charge on any atom is -0.872 e. The van der Waals surface area contributed by atoms with Crippen molar-refractivity contribution in [1.29, 1.82) is 0 Å². The maximum Gasteiger partial charge on any atom is 1.00 e. The van der Waals surface area contributed by atoms with Crippen LogP contribution in [0.1, 0.15) is 50.5 Å². The molecule has 162 valence electrons. The molecule has 0 fully saturated rings. The van der Waals surface area contributed by atoms with Gasteiger partial charge in [-0.15, -0.1) is 5.75 Å². The number of esters is 1. The molecule has 0 aliphatic rings. The second-order valence-electron chi connectivity index (χ2n) is 9.71. The molecule has 0 atom stereocenters. The molecule has 0 bridgehead atoms. The van der Waals surface area contributed by atoms with E-state index in [-0.39, 0.29) is 75.1 Å². The van der Waals surface area contributed by atoms with E-state index in [0.717, 1.165) is 16.3 Å². The first-order valence-corrected chi connectivity index (χ1v) is 10.4. The molecule has 4 nitrogen and oxygen atoms in total. The number of rotatable bonds is 5. The maximum absolute atomic E-state index is 12.8. The first-order chi connectivity index (χ1) is 14.4. The number of ketones is 1. The summed E-state index contributed by atoms with van der Waals surface area (Å²) >= 11 is 0. The van der Waals surface area contributed by atoms with Gasteiger partial charge in [0.15, 0.2) is 0 Å². The average molecular weight is 457 g/mol. The number of carbonyl (C=O) groups excluding carboxylic acids is 2. The molecule has 3 aromatic rings. The molecule has 0 radical (unpaired) electrons. The van der Waals surface area contributed by atoms with Crippen molar-refractivity contribution in [2.75, 3.05) is 6.61 Å². The van der Waals surface area contributed by atoms with E-state index in [9.17, 15) is 14.7 Å². The summed E-state index contributed by atoms with van der Waals surface area (Å²) in [5, 5.41) is 14.7. The van der Waals surface area contributed by atoms with E-state index in [0.29, 0.717) is 11.1 Å². The predicted molar refractivity (Wildman–Crippen MR) is 122 cm³/mol. The van der Waals surface area contributed by atoms with Crippen molar-refractivity contribution in [2.45, 2.75) is 41.5 Å². The van der Waals surface area contributed by atoms with Gasteiger partial charge in [0, 0.05) is 5.41 Å². The van der Waals surface area contributed by atoms with Crippen molar-refractivity contribution in [3.63, 3.8) is 0 Å². The van der Waals surface area contributed by atoms with Gasteiger partial charge in [-0.3, -0.25) is 4.79 Å². The molecule has 0 spiro atoms. The van der Waals surface area contributed by atoms with Crippen LogP contribution < -0.4 is 56.5 Å². The normalized spacial score (nSPS) is 11.7. The number of fused-ring (bicyclic) bond motifs is 1. The van der Waals surface area contributed by atoms with E-state index in [1.165, 1.54) is 6.07 Å². The fraction of sp³-hybridized carbons (Fsp3) is 0.333. The van der Waals surface area contributed by atoms with Crippen molar-refractivity contribution in [3.05, 3.63) is 65.7 Å². The Hall–Kier alpha value is -1.50. The number of carbonyl (C=O) groups is 2. The zero-order chi connectivity index (χ0) is 23.0. The van der Waals surface area contributed by atoms with Gasteiger partial charge in [-0.2, -0.15) is 0 Å². The summed E-state index contributed by atoms with van der Waals surface area (Å²) in [5.74, 6) is -0.812. The van der Waals surface area contributed by atoms with Gasteiger partial charge in [0.1, 0.15) is 12.4 Å². The molecule has 0 aliphatic heterocycles. The zero-order valence-corrected chi connectivity index (χ0v) is 23.2. The smallest absolute Gasteiger partial charge is 0.872 e. The summed E-state index contributed by atoms with van der Waals surface area (Å²) < 4.78 is 5.48. The predicted octanol–water partition coefficient (Wildman–Crippen LogP) is 2.69. The molecule has 0 aliphatic carbocycles. The van der Waals surface area contributed by atoms with E-state index in [2.05, 4.69) is 0 Å². The summed E-state index contributed by atoms with van der Waals surface area (Å²) in [6.07, 6.45) is 0. The minimum absolute atomic E-state index is 0. The Labute approximate surface area is 232 Å². The van der Waals surface area contributed by atoms with Crippen molar-refractivity contribution >= 4 is 22.5 Å². The molecule has 3 rings (SSSR count). The number of hydrogen-bond acceptors (Lipinski definition) is 4. The standard InChI is InChI=1S/C27H30O4.K/c1-17-22(21-13-9-11-18-10-7-8-12-20(18)21)14-19(15-23(17)28)24(29)31-16-27(5,6)25(30)26(2,3)4;/h7-15,28H,16H2,1-6H3;/q;+1/p-1. The third-order valence-corrected chi connectivity index (χ3v) is 5.54. The van der Waals surface area contributed by atoms with Gasteiger partial charge in [-0.05, 0) is 48.7 Å². The average Bonchev–Trinajstić information content (AvgIpc) is 2.72.